The van der Waals surface area contributed by atoms with Crippen molar-refractivity contribution in [3.8, 4) is 45.0 Å². The summed E-state index contributed by atoms with van der Waals surface area (Å²) in [6, 6.07) is 43.4. The van der Waals surface area contributed by atoms with E-state index in [1.165, 1.54) is 42.6 Å². The Kier molecular flexibility index (Phi) is 14.8. The van der Waals surface area contributed by atoms with Gasteiger partial charge in [0.15, 0.2) is 0 Å². The zero-order valence-electron chi connectivity index (χ0n) is 74.2. The first kappa shape index (κ1) is 37.0. The molecule has 82 heavy (non-hydrogen) atoms. The standard InChI is InChI=1S/2C18H12NO.C14H15N.C14H14N.CH4O3S.2CH4O.CH4.2Ir.3H2/c2*1-12-6-9-16(19-11-12)13-7-8-15-14-4-2-3-5-17(14)20-18(15)10-13;2*1-10-4-6-13(7-5-10)14-8-11(2)12(3)9-15-14;1-5(2,3)4;2*1-2;;;;;;/h2*2-6,8-11H,1H3;4-9H,1-3H3;4-6,8-9H,1-3H3;1H3,(H,2,3,4);2*2H,1H3;1H4;;;3*1H/q2*-1;;-1;;;;;;;;;/p-1/i2*1D3,6D,9D;1D3,3D3;1D3,2D3,3D3;;;;;;;3*1+1D. The monoisotopic (exact) mass is 1510 g/mol. The number of nitrogens with zero attached hydrogens (tertiary/aromatic N) is 4. The first-order valence-corrected chi connectivity index (χ1v) is 24.9. The SMILES string of the molecule is C.CO.CO.CS(=O)(=O)[O-].[2H]C([2H])([2H])c1c[c-]c(-c2cc(C([2H])([2H])[2H])c(C([2H])([2H])[2H])cn2)cc1.[2H]C([2H])([2H])c1ccc(-c2cc(C)c(C([2H])([2H])[2H])cn2)cc1.[2H][2H].[2H][2H].[2H][2H].[2H]c1c(C([2H])([2H])[2H])cnc(-c2[c-]cc3c(c2)oc2ccccc23)c1[2H].[2H]c1c(C([2H])([2H])[2H])cnc(-c2[c-]cc3c(c2)oc2ccccc23)c1[2H].[Ir].[Ir]. The number of rotatable bonds is 4. The molecule has 14 heteroatoms. The van der Waals surface area contributed by atoms with Gasteiger partial charge in [0.25, 0.3) is 0 Å². The van der Waals surface area contributed by atoms with Gasteiger partial charge < -0.3 is 38.6 Å². The van der Waals surface area contributed by atoms with Crippen LogP contribution in [0, 0.1) is 73.1 Å². The number of aromatic nitrogens is 4. The van der Waals surface area contributed by atoms with E-state index in [9.17, 15) is 0 Å². The molecule has 0 aliphatic rings. The Balaban J connectivity index is 0.00000139. The third-order valence-electron chi connectivity index (χ3n) is 10.7. The van der Waals surface area contributed by atoms with E-state index in [1.807, 2.05) is 48.5 Å². The van der Waals surface area contributed by atoms with Gasteiger partial charge in [0.2, 0.25) is 0 Å². The van der Waals surface area contributed by atoms with Crippen molar-refractivity contribution in [3.63, 3.8) is 0 Å². The molecule has 11 nitrogen and oxygen atoms in total. The maximum atomic E-state index is 9.08. The molecule has 12 rings (SSSR count). The third kappa shape index (κ3) is 19.4. The normalized spacial score (nSPS) is 16.0. The first-order chi connectivity index (χ1) is 51.1. The van der Waals surface area contributed by atoms with Gasteiger partial charge in [-0.2, -0.15) is 0 Å². The van der Waals surface area contributed by atoms with Crippen LogP contribution in [0.15, 0.2) is 185 Å². The minimum absolute atomic E-state index is 0. The second-order valence-corrected chi connectivity index (χ2v) is 17.7. The molecule has 0 fully saturated rings. The summed E-state index contributed by atoms with van der Waals surface area (Å²) in [4.78, 5) is 16.4. The van der Waals surface area contributed by atoms with E-state index in [-0.39, 0.29) is 128 Å². The summed E-state index contributed by atoms with van der Waals surface area (Å²) in [5.41, 5.74) is 6.26. The van der Waals surface area contributed by atoms with Crippen molar-refractivity contribution in [2.45, 2.75) is 62.3 Å². The summed E-state index contributed by atoms with van der Waals surface area (Å²) in [7, 11) is -1.92. The molecule has 2 N–H and O–H groups in total. The molecule has 12 aromatic rings. The van der Waals surface area contributed by atoms with Crippen LogP contribution in [-0.4, -0.2) is 63.6 Å². The molecule has 6 heterocycles. The van der Waals surface area contributed by atoms with Gasteiger partial charge in [0.05, 0.1) is 32.5 Å². The number of aryl methyl sites for hydroxylation is 8. The Labute approximate surface area is 554 Å². The summed E-state index contributed by atoms with van der Waals surface area (Å²) >= 11 is 0. The molecule has 0 saturated carbocycles. The van der Waals surface area contributed by atoms with Crippen LogP contribution in [0.4, 0.5) is 0 Å². The van der Waals surface area contributed by atoms with Gasteiger partial charge >= 0.3 is 0 Å². The van der Waals surface area contributed by atoms with Crippen molar-refractivity contribution in [2.75, 3.05) is 20.5 Å². The Morgan fingerprint density at radius 1 is 0.488 bits per heavy atom. The average Bonchev–Trinajstić information content (AvgIpc) is 1.75. The molecule has 0 bridgehead atoms. The molecule has 0 unspecified atom stereocenters. The Hall–Kier alpha value is -7.35. The zero-order chi connectivity index (χ0) is 84.2. The van der Waals surface area contributed by atoms with E-state index < -0.39 is 58.1 Å². The molecule has 0 spiro atoms. The summed E-state index contributed by atoms with van der Waals surface area (Å²) in [5, 5.41) is 17.7. The second-order valence-electron chi connectivity index (χ2n) is 16.3. The number of fused-ring (bicyclic) bond motifs is 6. The minimum Gasteiger partial charge on any atom is -0.748 e. The summed E-state index contributed by atoms with van der Waals surface area (Å²) < 4.78 is 257. The molecule has 0 saturated heterocycles. The number of para-hydroxylation sites is 2. The molecular weight excluding hydrogens is 1400 g/mol. The number of aliphatic hydroxyl groups excluding tert-OH is 2. The molecular formula is C68H74Ir2N4O7S-4. The maximum absolute atomic E-state index is 9.08. The largest absolute Gasteiger partial charge is 0.748 e. The molecule has 0 aliphatic heterocycles. The van der Waals surface area contributed by atoms with Gasteiger partial charge in [0.1, 0.15) is 11.2 Å². The van der Waals surface area contributed by atoms with E-state index in [0.717, 1.165) is 71.1 Å². The molecule has 6 aromatic carbocycles. The van der Waals surface area contributed by atoms with Crippen molar-refractivity contribution in [2.24, 2.45) is 0 Å². The number of pyridine rings is 4. The Morgan fingerprint density at radius 3 is 1.37 bits per heavy atom. The Bertz CT molecular complexity index is 4930. The van der Waals surface area contributed by atoms with Gasteiger partial charge in [-0.3, -0.25) is 4.98 Å². The summed E-state index contributed by atoms with van der Waals surface area (Å²) in [5.74, 6) is 0. The number of aliphatic hydroxyl groups is 2. The van der Waals surface area contributed by atoms with Gasteiger partial charge in [-0.15, -0.1) is 70.8 Å². The van der Waals surface area contributed by atoms with E-state index in [2.05, 4.69) is 38.1 Å². The Morgan fingerprint density at radius 2 is 0.915 bits per heavy atom. The quantitative estimate of drug-likeness (QED) is 0.127. The van der Waals surface area contributed by atoms with Gasteiger partial charge in [0, 0.05) is 129 Å². The van der Waals surface area contributed by atoms with Gasteiger partial charge in [-0.05, 0) is 122 Å². The number of furan rings is 2. The predicted octanol–water partition coefficient (Wildman–Crippen LogP) is 16.4. The topological polar surface area (TPSA) is 175 Å². The van der Waals surface area contributed by atoms with Crippen molar-refractivity contribution < 1.29 is 115 Å². The van der Waals surface area contributed by atoms with Crippen LogP contribution < -0.4 is 0 Å². The van der Waals surface area contributed by atoms with Crippen LogP contribution in [-0.2, 0) is 50.3 Å². The summed E-state index contributed by atoms with van der Waals surface area (Å²) in [6.45, 7) is -15.0. The van der Waals surface area contributed by atoms with E-state index in [4.69, 9.17) is 75.2 Å². The minimum atomic E-state index is -3.92. The van der Waals surface area contributed by atoms with Gasteiger partial charge in [-0.1, -0.05) is 139 Å². The van der Waals surface area contributed by atoms with E-state index in [1.54, 1.807) is 49.4 Å². The molecule has 0 aliphatic carbocycles. The second kappa shape index (κ2) is 32.9. The fraction of sp³-hybridized carbons (Fsp3) is 0.176. The number of benzene rings is 6. The fourth-order valence-corrected chi connectivity index (χ4v) is 7.06. The first-order valence-electron chi connectivity index (χ1n) is 38.6. The van der Waals surface area contributed by atoms with E-state index >= 15 is 0 Å². The maximum Gasteiger partial charge on any atom is 0.123 e. The van der Waals surface area contributed by atoms with Crippen molar-refractivity contribution in [1.29, 1.82) is 0 Å². The van der Waals surface area contributed by atoms with E-state index in [0.29, 0.717) is 45.4 Å². The number of hydrogen-bond acceptors (Lipinski definition) is 11. The third-order valence-corrected chi connectivity index (χ3v) is 10.7. The van der Waals surface area contributed by atoms with Crippen LogP contribution in [0.3, 0.4) is 0 Å². The van der Waals surface area contributed by atoms with Crippen LogP contribution in [0.25, 0.3) is 88.9 Å². The molecule has 0 amide bonds. The summed E-state index contributed by atoms with van der Waals surface area (Å²) in [6.07, 6.45) is 5.26. The van der Waals surface area contributed by atoms with Crippen LogP contribution >= 0.6 is 0 Å². The van der Waals surface area contributed by atoms with Crippen molar-refractivity contribution in [3.05, 3.63) is 239 Å². The van der Waals surface area contributed by atoms with Crippen LogP contribution in [0.2, 0.25) is 0 Å². The fourth-order valence-electron chi connectivity index (χ4n) is 7.06. The predicted molar refractivity (Wildman–Crippen MR) is 333 cm³/mol. The molecule has 2 radical (unpaired) electrons. The smallest absolute Gasteiger partial charge is 0.123 e. The molecule has 6 aromatic heterocycles. The molecule has 0 atom stereocenters. The van der Waals surface area contributed by atoms with Crippen molar-refractivity contribution in [1.82, 2.24) is 19.9 Å². The van der Waals surface area contributed by atoms with Crippen LogP contribution in [0.5, 0.6) is 0 Å². The van der Waals surface area contributed by atoms with Crippen molar-refractivity contribution >= 4 is 54.0 Å². The zero-order valence-corrected chi connectivity index (χ0v) is 48.8. The van der Waals surface area contributed by atoms with Gasteiger partial charge in [-0.25, -0.2) is 8.42 Å². The number of hydrogen-bond donors (Lipinski definition) is 2. The average molecular weight is 1510 g/mol. The van der Waals surface area contributed by atoms with Crippen LogP contribution in [0.1, 0.15) is 95.1 Å². The molecule has 436 valence electrons.